The molecule has 6 heterocycles. The van der Waals surface area contributed by atoms with E-state index in [0.717, 1.165) is 25.8 Å². The molecule has 0 aliphatic carbocycles. The number of alkyl halides is 1. The van der Waals surface area contributed by atoms with Gasteiger partial charge in [0.25, 0.3) is 0 Å². The average Bonchev–Trinajstić information content (AvgIpc) is 3.79. The van der Waals surface area contributed by atoms with E-state index < -0.39 is 17.8 Å². The van der Waals surface area contributed by atoms with Crippen LogP contribution in [0.3, 0.4) is 0 Å². The lowest BCUT2D eigenvalue weighted by molar-refractivity contribution is 0.0629. The summed E-state index contributed by atoms with van der Waals surface area (Å²) in [6.45, 7) is 4.05. The van der Waals surface area contributed by atoms with E-state index in [0.29, 0.717) is 61.9 Å². The maximum absolute atomic E-state index is 16.4. The molecule has 4 fully saturated rings. The van der Waals surface area contributed by atoms with E-state index in [1.165, 1.54) is 50.4 Å². The van der Waals surface area contributed by atoms with Crippen LogP contribution in [0.2, 0.25) is 0 Å². The van der Waals surface area contributed by atoms with E-state index in [-0.39, 0.29) is 57.7 Å². The third-order valence-electron chi connectivity index (χ3n) is 10.3. The quantitative estimate of drug-likeness (QED) is 0.177. The smallest absolute Gasteiger partial charge is 0.318 e. The molecule has 4 atom stereocenters. The van der Waals surface area contributed by atoms with Gasteiger partial charge in [-0.15, -0.1) is 6.42 Å². The Kier molecular flexibility index (Phi) is 9.72. The van der Waals surface area contributed by atoms with Crippen LogP contribution >= 0.6 is 0 Å². The normalized spacial score (nSPS) is 24.3. The van der Waals surface area contributed by atoms with Crippen molar-refractivity contribution in [3.63, 3.8) is 0 Å². The molecule has 3 N–H and O–H groups in total. The fourth-order valence-electron chi connectivity index (χ4n) is 8.06. The molecule has 2 bridgehead atoms. The minimum absolute atomic E-state index is 0.0150. The zero-order valence-electron chi connectivity index (χ0n) is 28.0. The minimum Gasteiger partial charge on any atom is -0.508 e. The number of anilines is 1. The number of fused-ring (bicyclic) bond motifs is 5. The maximum atomic E-state index is 16.4. The van der Waals surface area contributed by atoms with Gasteiger partial charge >= 0.3 is 6.01 Å². The van der Waals surface area contributed by atoms with Gasteiger partial charge in [-0.2, -0.15) is 9.97 Å². The molecule has 4 aromatic rings. The molecule has 2 aromatic heterocycles. The number of hydrogen-bond donors (Lipinski definition) is 3. The second-order valence-electron chi connectivity index (χ2n) is 13.7. The number of terminal acetylenes is 1. The summed E-state index contributed by atoms with van der Waals surface area (Å²) in [6.07, 6.45) is 12.3. The number of aromatic nitrogens is 3. The monoisotopic (exact) mass is 690 g/mol. The van der Waals surface area contributed by atoms with Gasteiger partial charge in [-0.1, -0.05) is 12.0 Å². The van der Waals surface area contributed by atoms with Crippen LogP contribution < -0.4 is 15.0 Å². The van der Waals surface area contributed by atoms with E-state index in [1.807, 2.05) is 0 Å². The van der Waals surface area contributed by atoms with Crippen molar-refractivity contribution in [2.45, 2.75) is 62.3 Å². The largest absolute Gasteiger partial charge is 0.508 e. The number of ether oxygens (including phenoxy) is 2. The van der Waals surface area contributed by atoms with Gasteiger partial charge < -0.3 is 29.9 Å². The number of piperazine rings is 1. The Labute approximate surface area is 288 Å². The summed E-state index contributed by atoms with van der Waals surface area (Å²) in [5.74, 6) is 1.27. The Morgan fingerprint density at radius 1 is 1.18 bits per heavy atom. The van der Waals surface area contributed by atoms with Gasteiger partial charge in [0.15, 0.2) is 5.82 Å². The molecule has 0 spiro atoms. The zero-order chi connectivity index (χ0) is 35.0. The first kappa shape index (κ1) is 34.2. The second kappa shape index (κ2) is 14.2. The van der Waals surface area contributed by atoms with Crippen molar-refractivity contribution in [2.24, 2.45) is 0 Å². The molecule has 4 saturated heterocycles. The van der Waals surface area contributed by atoms with Crippen LogP contribution in [0.4, 0.5) is 19.0 Å². The molecule has 0 saturated carbocycles. The van der Waals surface area contributed by atoms with Crippen molar-refractivity contribution in [1.82, 2.24) is 25.2 Å². The highest BCUT2D eigenvalue weighted by molar-refractivity contribution is 6.03. The number of halogens is 3. The van der Waals surface area contributed by atoms with Crippen LogP contribution in [0.15, 0.2) is 30.5 Å². The van der Waals surface area contributed by atoms with Crippen LogP contribution in [0.5, 0.6) is 11.8 Å². The van der Waals surface area contributed by atoms with E-state index in [4.69, 9.17) is 21.0 Å². The average molecular weight is 691 g/mol. The summed E-state index contributed by atoms with van der Waals surface area (Å²) in [4.78, 5) is 17.7. The van der Waals surface area contributed by atoms with Crippen molar-refractivity contribution in [2.75, 3.05) is 58.0 Å². The number of aliphatic hydroxyl groups excluding tert-OH is 1. The van der Waals surface area contributed by atoms with Crippen molar-refractivity contribution >= 4 is 27.5 Å². The van der Waals surface area contributed by atoms with E-state index in [1.54, 1.807) is 0 Å². The molecule has 4 aliphatic heterocycles. The van der Waals surface area contributed by atoms with Crippen LogP contribution in [0.1, 0.15) is 44.1 Å². The number of aromatic hydroxyl groups is 1. The number of phenolic OH excluding ortho intramolecular Hbond substituents is 1. The molecule has 4 aliphatic rings. The zero-order valence-corrected chi connectivity index (χ0v) is 28.0. The Balaban J connectivity index is 0.000000375. The molecule has 0 radical (unpaired) electrons. The predicted octanol–water partition coefficient (Wildman–Crippen LogP) is 4.72. The van der Waals surface area contributed by atoms with Gasteiger partial charge in [0.2, 0.25) is 0 Å². The molecule has 50 heavy (non-hydrogen) atoms. The fourth-order valence-corrected chi connectivity index (χ4v) is 8.06. The first-order chi connectivity index (χ1) is 24.2. The van der Waals surface area contributed by atoms with Gasteiger partial charge in [-0.25, -0.2) is 13.2 Å². The highest BCUT2D eigenvalue weighted by atomic mass is 19.1. The van der Waals surface area contributed by atoms with Gasteiger partial charge in [0.05, 0.1) is 30.2 Å². The van der Waals surface area contributed by atoms with Crippen LogP contribution in [-0.2, 0) is 4.74 Å². The lowest BCUT2D eigenvalue weighted by atomic mass is 9.95. The Hall–Kier alpha value is -4.22. The number of benzene rings is 2. The topological polar surface area (TPSA) is 116 Å². The predicted molar refractivity (Wildman–Crippen MR) is 184 cm³/mol. The molecule has 3 unspecified atom stereocenters. The van der Waals surface area contributed by atoms with Crippen LogP contribution in [-0.4, -0.2) is 107 Å². The standard InChI is InChI=1S/C30H29F2N5O4.C7H12FN/c1-3-20-23(31)6-5-17-11-19(39)12-21(24(17)20)26-25(32)27-22(13-33-26)28(35-29(34-27)40-2)37-14-18-7-8-30(15-37,36-18)16-41-10-4-9-38;8-6-4-7-2-1-3-9(7)5-6/h1,5-6,11-13,18,36,38-39H,4,7-10,14-16H2,2H3;6-7H,1-5H2/t18?,30-;/m0./s1. The highest BCUT2D eigenvalue weighted by Gasteiger charge is 2.45. The Morgan fingerprint density at radius 3 is 2.82 bits per heavy atom. The first-order valence-electron chi connectivity index (χ1n) is 17.1. The molecule has 2 aromatic carbocycles. The van der Waals surface area contributed by atoms with Crippen molar-refractivity contribution < 1.29 is 32.9 Å². The van der Waals surface area contributed by atoms with Gasteiger partial charge in [0, 0.05) is 62.1 Å². The molecule has 0 amide bonds. The van der Waals surface area contributed by atoms with Gasteiger partial charge in [-0.3, -0.25) is 9.88 Å². The molecule has 8 rings (SSSR count). The number of rotatable bonds is 8. The molecule has 264 valence electrons. The van der Waals surface area contributed by atoms with E-state index in [9.17, 15) is 13.9 Å². The fraction of sp³-hybridized carbons (Fsp3) is 0.486. The summed E-state index contributed by atoms with van der Waals surface area (Å²) < 4.78 is 54.9. The van der Waals surface area contributed by atoms with E-state index >= 15 is 4.39 Å². The summed E-state index contributed by atoms with van der Waals surface area (Å²) in [7, 11) is 1.41. The number of hydrogen-bond acceptors (Lipinski definition) is 10. The lowest BCUT2D eigenvalue weighted by Gasteiger charge is -2.42. The molecular formula is C37H41F3N6O4. The SMILES string of the molecule is C#Cc1c(F)ccc2cc(O)cc(-c3ncc4c(N5CC6CC[C@@](COCCCO)(C5)N6)nc(OC)nc4c3F)c12.FC1CC2CCCN2C1. The van der Waals surface area contributed by atoms with Crippen molar-refractivity contribution in [3.05, 3.63) is 47.7 Å². The molecular weight excluding hydrogens is 649 g/mol. The van der Waals surface area contributed by atoms with Crippen LogP contribution in [0.25, 0.3) is 32.9 Å². The van der Waals surface area contributed by atoms with Gasteiger partial charge in [-0.05, 0) is 68.7 Å². The maximum Gasteiger partial charge on any atom is 0.318 e. The number of pyridine rings is 1. The third-order valence-corrected chi connectivity index (χ3v) is 10.3. The highest BCUT2D eigenvalue weighted by Crippen LogP contribution is 2.40. The first-order valence-corrected chi connectivity index (χ1v) is 17.1. The number of nitrogens with zero attached hydrogens (tertiary/aromatic N) is 5. The number of nitrogens with one attached hydrogen (secondary N) is 1. The Morgan fingerprint density at radius 2 is 2.04 bits per heavy atom. The summed E-state index contributed by atoms with van der Waals surface area (Å²) in [6, 6.07) is 6.21. The van der Waals surface area contributed by atoms with Crippen LogP contribution in [0, 0.1) is 24.0 Å². The minimum atomic E-state index is -0.774. The number of methoxy groups -OCH3 is 1. The molecule has 10 nitrogen and oxygen atoms in total. The molecule has 13 heteroatoms. The lowest BCUT2D eigenvalue weighted by Crippen LogP contribution is -2.62. The van der Waals surface area contributed by atoms with Crippen molar-refractivity contribution in [3.8, 4) is 35.4 Å². The number of phenols is 1. The Bertz CT molecular complexity index is 1930. The van der Waals surface area contributed by atoms with E-state index in [2.05, 4.69) is 36.0 Å². The summed E-state index contributed by atoms with van der Waals surface area (Å²) in [5.41, 5.74) is -0.384. The second-order valence-corrected chi connectivity index (χ2v) is 13.7. The van der Waals surface area contributed by atoms with Crippen molar-refractivity contribution in [1.29, 1.82) is 0 Å². The van der Waals surface area contributed by atoms with Gasteiger partial charge in [0.1, 0.15) is 34.8 Å². The number of aliphatic hydroxyl groups is 1. The summed E-state index contributed by atoms with van der Waals surface area (Å²) in [5, 5.41) is 24.3. The third kappa shape index (κ3) is 6.53. The summed E-state index contributed by atoms with van der Waals surface area (Å²) >= 11 is 0.